The lowest BCUT2D eigenvalue weighted by Gasteiger charge is -2.26. The van der Waals surface area contributed by atoms with E-state index in [-0.39, 0.29) is 0 Å². The molecule has 6 aromatic carbocycles. The van der Waals surface area contributed by atoms with Crippen LogP contribution in [0.2, 0.25) is 0 Å². The second-order valence-electron chi connectivity index (χ2n) is 11.3. The van der Waals surface area contributed by atoms with Gasteiger partial charge in [-0.25, -0.2) is 4.57 Å². The maximum absolute atomic E-state index is 9.00. The molecule has 0 fully saturated rings. The minimum Gasteiger partial charge on any atom is -0.481 e. The predicted octanol–water partition coefficient (Wildman–Crippen LogP) is 7.16. The Morgan fingerprint density at radius 3 is 0.647 bits per heavy atom. The van der Waals surface area contributed by atoms with Crippen molar-refractivity contribution < 1.29 is 29.1 Å². The van der Waals surface area contributed by atoms with Gasteiger partial charge in [0.25, 0.3) is 5.97 Å². The summed E-state index contributed by atoms with van der Waals surface area (Å²) in [6, 6.07) is 66.0. The maximum atomic E-state index is 9.00. The summed E-state index contributed by atoms with van der Waals surface area (Å²) in [7, 11) is -7.71. The van der Waals surface area contributed by atoms with E-state index in [9.17, 15) is 0 Å². The molecule has 0 aliphatic rings. The lowest BCUT2D eigenvalue weighted by atomic mass is 10.4. The highest BCUT2D eigenvalue weighted by molar-refractivity contribution is 7.96. The molecule has 0 unspecified atom stereocenters. The molecule has 0 spiro atoms. The van der Waals surface area contributed by atoms with Gasteiger partial charge in [0.15, 0.2) is 0 Å². The van der Waals surface area contributed by atoms with Gasteiger partial charge in [0, 0.05) is 6.92 Å². The van der Waals surface area contributed by atoms with Crippen molar-refractivity contribution >= 4 is 60.1 Å². The van der Waals surface area contributed by atoms with Crippen LogP contribution in [0, 0.1) is 0 Å². The minimum absolute atomic E-state index is 0.833. The lowest BCUT2D eigenvalue weighted by molar-refractivity contribution is -0.134. The van der Waals surface area contributed by atoms with Crippen LogP contribution in [-0.2, 0) is 9.36 Å². The van der Waals surface area contributed by atoms with Gasteiger partial charge in [-0.1, -0.05) is 109 Å². The van der Waals surface area contributed by atoms with Crippen LogP contribution in [0.3, 0.4) is 0 Å². The number of hydrogen-bond acceptors (Lipinski definition) is 2. The molecule has 4 N–H and O–H groups in total. The number of carbonyl (C=O) groups is 1. The van der Waals surface area contributed by atoms with E-state index in [1.165, 1.54) is 31.8 Å². The summed E-state index contributed by atoms with van der Waals surface area (Å²) in [6.07, 6.45) is 2.29. The van der Waals surface area contributed by atoms with Crippen molar-refractivity contribution in [3.63, 3.8) is 0 Å². The van der Waals surface area contributed by atoms with Crippen LogP contribution in [0.15, 0.2) is 182 Å². The van der Waals surface area contributed by atoms with Gasteiger partial charge < -0.3 is 19.8 Å². The summed E-state index contributed by atoms with van der Waals surface area (Å²) in [5.41, 5.74) is 0. The Morgan fingerprint density at radius 2 is 0.549 bits per heavy atom. The number of rotatable bonds is 8. The molecule has 0 saturated carbocycles. The first-order valence-electron chi connectivity index (χ1n) is 16.6. The summed E-state index contributed by atoms with van der Waals surface area (Å²) >= 11 is 0. The molecular formula is C42H47O6P3+2. The summed E-state index contributed by atoms with van der Waals surface area (Å²) in [5, 5.41) is 16.2. The van der Waals surface area contributed by atoms with Gasteiger partial charge in [-0.3, -0.25) is 4.79 Å². The number of hydrogen-bond donors (Lipinski definition) is 4. The third-order valence-electron chi connectivity index (χ3n) is 8.13. The number of phosphoric acid groups is 1. The fourth-order valence-corrected chi connectivity index (χ4v) is 14.2. The highest BCUT2D eigenvalue weighted by Gasteiger charge is 2.44. The van der Waals surface area contributed by atoms with Crippen molar-refractivity contribution in [2.75, 3.05) is 12.3 Å². The molecule has 0 heterocycles. The van der Waals surface area contributed by atoms with Gasteiger partial charge in [0.2, 0.25) is 0 Å². The highest BCUT2D eigenvalue weighted by atomic mass is 31.2. The fourth-order valence-electron chi connectivity index (χ4n) is 6.08. The largest absolute Gasteiger partial charge is 0.481 e. The van der Waals surface area contributed by atoms with Gasteiger partial charge in [0.1, 0.15) is 46.4 Å². The summed E-state index contributed by atoms with van der Waals surface area (Å²) < 4.78 is 8.88. The average Bonchev–Trinajstić information content (AvgIpc) is 3.15. The van der Waals surface area contributed by atoms with Crippen molar-refractivity contribution in [2.45, 2.75) is 20.8 Å². The first-order valence-corrected chi connectivity index (χ1v) is 22.1. The van der Waals surface area contributed by atoms with E-state index in [4.69, 9.17) is 29.1 Å². The molecular weight excluding hydrogens is 693 g/mol. The van der Waals surface area contributed by atoms with Crippen molar-refractivity contribution in [3.8, 4) is 0 Å². The van der Waals surface area contributed by atoms with E-state index in [2.05, 4.69) is 196 Å². The van der Waals surface area contributed by atoms with E-state index >= 15 is 0 Å². The number of carboxylic acids is 1. The highest BCUT2D eigenvalue weighted by Crippen LogP contribution is 2.55. The van der Waals surface area contributed by atoms with Gasteiger partial charge in [-0.15, -0.1) is 0 Å². The number of benzene rings is 6. The Morgan fingerprint density at radius 1 is 0.431 bits per heavy atom. The smallest absolute Gasteiger partial charge is 0.466 e. The Bertz CT molecular complexity index is 1560. The van der Waals surface area contributed by atoms with E-state index in [1.807, 2.05) is 0 Å². The van der Waals surface area contributed by atoms with Crippen molar-refractivity contribution in [2.24, 2.45) is 0 Å². The lowest BCUT2D eigenvalue weighted by Crippen LogP contribution is -2.32. The van der Waals surface area contributed by atoms with Crippen LogP contribution < -0.4 is 31.8 Å². The summed E-state index contributed by atoms with van der Waals surface area (Å²) in [4.78, 5) is 30.6. The topological polar surface area (TPSA) is 115 Å². The number of aliphatic carboxylic acids is 1. The zero-order valence-corrected chi connectivity index (χ0v) is 31.9. The first-order chi connectivity index (χ1) is 24.5. The molecule has 0 amide bonds. The van der Waals surface area contributed by atoms with Crippen molar-refractivity contribution in [1.29, 1.82) is 0 Å². The molecule has 0 radical (unpaired) electrons. The average molecular weight is 741 g/mol. The third kappa shape index (κ3) is 11.9. The van der Waals surface area contributed by atoms with Gasteiger partial charge in [0.05, 0.1) is 12.3 Å². The normalized spacial score (nSPS) is 10.9. The second kappa shape index (κ2) is 20.6. The molecule has 0 aliphatic heterocycles. The standard InChI is InChI=1S/2C20H20P.C2H4O2.H3O4P/c2*1-2-21(18-12-6-3-7-13-18,19-14-8-4-9-15-19)20-16-10-5-11-17-20;1-2(3)4;1-5(2,3)4/h2*3-17H,2H2,1H3;1H3,(H,3,4);(H3,1,2,3,4)/q2*+1;;. The molecule has 6 nitrogen and oxygen atoms in total. The molecule has 0 aromatic heterocycles. The van der Waals surface area contributed by atoms with Gasteiger partial charge >= 0.3 is 7.82 Å². The monoisotopic (exact) mass is 740 g/mol. The molecule has 0 bridgehead atoms. The Hall–Kier alpha value is -4.24. The summed E-state index contributed by atoms with van der Waals surface area (Å²) in [6.45, 7) is 5.72. The van der Waals surface area contributed by atoms with Crippen LogP contribution in [0.25, 0.3) is 0 Å². The molecule has 264 valence electrons. The van der Waals surface area contributed by atoms with Crippen molar-refractivity contribution in [1.82, 2.24) is 0 Å². The predicted molar refractivity (Wildman–Crippen MR) is 219 cm³/mol. The Balaban J connectivity index is 0.000000223. The van der Waals surface area contributed by atoms with E-state index in [1.54, 1.807) is 0 Å². The SMILES string of the molecule is CC(=O)O.CC[P+](c1ccccc1)(c1ccccc1)c1ccccc1.CC[P+](c1ccccc1)(c1ccccc1)c1ccccc1.O=P(O)(O)O. The van der Waals surface area contributed by atoms with Gasteiger partial charge in [-0.2, -0.15) is 0 Å². The first kappa shape index (κ1) is 41.2. The Labute approximate surface area is 303 Å². The molecule has 9 heteroatoms. The third-order valence-corrected chi connectivity index (χ3v) is 17.1. The number of carboxylic acid groups (broad SMARTS) is 1. The Kier molecular flexibility index (Phi) is 16.6. The molecule has 0 aliphatic carbocycles. The molecule has 0 atom stereocenters. The quantitative estimate of drug-likeness (QED) is 0.123. The molecule has 6 aromatic rings. The zero-order chi connectivity index (χ0) is 37.2. The van der Waals surface area contributed by atoms with Crippen LogP contribution in [0.1, 0.15) is 20.8 Å². The van der Waals surface area contributed by atoms with Crippen LogP contribution in [0.5, 0.6) is 0 Å². The van der Waals surface area contributed by atoms with Crippen LogP contribution >= 0.6 is 22.3 Å². The minimum atomic E-state index is -4.64. The van der Waals surface area contributed by atoms with Gasteiger partial charge in [-0.05, 0) is 86.6 Å². The molecule has 6 rings (SSSR count). The van der Waals surface area contributed by atoms with Crippen LogP contribution in [0.4, 0.5) is 0 Å². The molecule has 0 saturated heterocycles. The van der Waals surface area contributed by atoms with Crippen LogP contribution in [-0.4, -0.2) is 38.1 Å². The van der Waals surface area contributed by atoms with E-state index < -0.39 is 28.3 Å². The van der Waals surface area contributed by atoms with E-state index in [0.717, 1.165) is 19.2 Å². The van der Waals surface area contributed by atoms with E-state index in [0.29, 0.717) is 0 Å². The molecule has 51 heavy (non-hydrogen) atoms. The second-order valence-corrected chi connectivity index (χ2v) is 19.9. The summed E-state index contributed by atoms with van der Waals surface area (Å²) in [5.74, 6) is -0.833. The van der Waals surface area contributed by atoms with Crippen molar-refractivity contribution in [3.05, 3.63) is 182 Å². The zero-order valence-electron chi connectivity index (χ0n) is 29.2. The maximum Gasteiger partial charge on any atom is 0.466 e. The fraction of sp³-hybridized carbons (Fsp3) is 0.119.